The highest BCUT2D eigenvalue weighted by Gasteiger charge is 2.73. The summed E-state index contributed by atoms with van der Waals surface area (Å²) in [5.74, 6) is 3.46. The second kappa shape index (κ2) is 16.1. The van der Waals surface area contributed by atoms with Crippen LogP contribution in [0.25, 0.3) is 0 Å². The number of nitrogens with one attached hydrogen (secondary N) is 4. The van der Waals surface area contributed by atoms with Crippen LogP contribution in [0.15, 0.2) is 54.6 Å². The van der Waals surface area contributed by atoms with E-state index in [1.165, 1.54) is 11.0 Å². The van der Waals surface area contributed by atoms with Crippen LogP contribution in [0.3, 0.4) is 0 Å². The van der Waals surface area contributed by atoms with Gasteiger partial charge in [0.1, 0.15) is 23.1 Å². The Bertz CT molecular complexity index is 2590. The van der Waals surface area contributed by atoms with Crippen LogP contribution < -0.4 is 21.3 Å². The van der Waals surface area contributed by atoms with Gasteiger partial charge in [0, 0.05) is 70.1 Å². The molecule has 7 aliphatic rings. The predicted octanol–water partition coefficient (Wildman–Crippen LogP) is 7.54. The van der Waals surface area contributed by atoms with Crippen molar-refractivity contribution in [1.82, 2.24) is 20.9 Å². The third-order valence-corrected chi connectivity index (χ3v) is 16.4. The third kappa shape index (κ3) is 6.70. The second-order valence-corrected chi connectivity index (χ2v) is 20.1. The molecule has 1 unspecified atom stereocenters. The van der Waals surface area contributed by atoms with Crippen molar-refractivity contribution in [3.63, 3.8) is 0 Å². The monoisotopic (exact) mass is 905 g/mol. The zero-order chi connectivity index (χ0) is 44.6. The number of ketones is 1. The van der Waals surface area contributed by atoms with Gasteiger partial charge >= 0.3 is 0 Å². The molecule has 2 spiro atoms. The number of hydrogen-bond acceptors (Lipinski definition) is 7. The normalized spacial score (nSPS) is 29.7. The topological polar surface area (TPSA) is 154 Å². The van der Waals surface area contributed by atoms with Crippen LogP contribution >= 0.6 is 23.2 Å². The lowest BCUT2D eigenvalue weighted by molar-refractivity contribution is -0.137. The van der Waals surface area contributed by atoms with Crippen molar-refractivity contribution in [3.05, 3.63) is 98.3 Å². The first kappa shape index (κ1) is 42.8. The van der Waals surface area contributed by atoms with Gasteiger partial charge in [-0.05, 0) is 111 Å². The molecule has 14 heteroatoms. The number of Topliss-reactive ketones (excluding diaryl/α,β-unsaturated/α-hetero) is 1. The number of nitrogens with zero attached hydrogens (tertiary/aromatic N) is 1. The molecule has 64 heavy (non-hydrogen) atoms. The molecule has 3 aromatic rings. The van der Waals surface area contributed by atoms with Crippen molar-refractivity contribution in [2.45, 2.75) is 144 Å². The largest absolute Gasteiger partial charge is 0.349 e. The van der Waals surface area contributed by atoms with E-state index in [4.69, 9.17) is 23.2 Å². The number of anilines is 1. The molecule has 5 amide bonds. The molecular weight excluding hydrogens is 856 g/mol. The Kier molecular flexibility index (Phi) is 10.8. The molecule has 4 aliphatic heterocycles. The number of imide groups is 1. The number of carbonyl (C=O) groups is 6. The van der Waals surface area contributed by atoms with E-state index >= 15 is 9.18 Å². The number of piperidine rings is 1. The summed E-state index contributed by atoms with van der Waals surface area (Å²) >= 11 is 12.9. The first-order chi connectivity index (χ1) is 30.8. The van der Waals surface area contributed by atoms with Crippen LogP contribution in [0.2, 0.25) is 10.0 Å². The maximum absolute atomic E-state index is 16.4. The number of amides is 5. The van der Waals surface area contributed by atoms with Crippen LogP contribution in [0.1, 0.15) is 141 Å². The fourth-order valence-electron chi connectivity index (χ4n) is 12.9. The van der Waals surface area contributed by atoms with Gasteiger partial charge in [-0.3, -0.25) is 39.4 Å². The minimum absolute atomic E-state index is 0.0798. The van der Waals surface area contributed by atoms with Gasteiger partial charge in [0.2, 0.25) is 23.6 Å². The molecule has 2 bridgehead atoms. The lowest BCUT2D eigenvalue weighted by Gasteiger charge is -2.47. The summed E-state index contributed by atoms with van der Waals surface area (Å²) in [6.07, 6.45) is 9.96. The van der Waals surface area contributed by atoms with Gasteiger partial charge in [0.25, 0.3) is 5.91 Å². The Morgan fingerprint density at radius 2 is 1.69 bits per heavy atom. The number of rotatable bonds is 9. The van der Waals surface area contributed by atoms with Crippen LogP contribution in [-0.4, -0.2) is 63.4 Å². The lowest BCUT2D eigenvalue weighted by Crippen LogP contribution is -2.60. The van der Waals surface area contributed by atoms with Crippen molar-refractivity contribution >= 4 is 64.2 Å². The highest BCUT2D eigenvalue weighted by Crippen LogP contribution is 2.63. The summed E-state index contributed by atoms with van der Waals surface area (Å²) in [5.41, 5.74) is 0.210. The highest BCUT2D eigenvalue weighted by molar-refractivity contribution is 6.31. The molecule has 10 rings (SSSR count). The van der Waals surface area contributed by atoms with Crippen LogP contribution in [-0.2, 0) is 35.9 Å². The van der Waals surface area contributed by atoms with Crippen LogP contribution in [0, 0.1) is 23.1 Å². The minimum atomic E-state index is -1.33. The Hall–Kier alpha value is -5.09. The van der Waals surface area contributed by atoms with Crippen molar-refractivity contribution in [3.8, 4) is 11.8 Å². The zero-order valence-corrected chi connectivity index (χ0v) is 37.0. The van der Waals surface area contributed by atoms with Crippen molar-refractivity contribution < 1.29 is 33.2 Å². The number of halogens is 3. The van der Waals surface area contributed by atoms with Gasteiger partial charge in [0.05, 0.1) is 11.1 Å². The van der Waals surface area contributed by atoms with Gasteiger partial charge in [-0.25, -0.2) is 4.39 Å². The minimum Gasteiger partial charge on any atom is -0.349 e. The average molecular weight is 907 g/mol. The van der Waals surface area contributed by atoms with Crippen molar-refractivity contribution in [2.24, 2.45) is 5.41 Å². The van der Waals surface area contributed by atoms with E-state index in [9.17, 15) is 24.0 Å². The molecule has 0 radical (unpaired) electrons. The Morgan fingerprint density at radius 3 is 2.47 bits per heavy atom. The molecule has 4 atom stereocenters. The summed E-state index contributed by atoms with van der Waals surface area (Å²) in [6.45, 7) is 0.255. The molecule has 11 nitrogen and oxygen atoms in total. The molecule has 332 valence electrons. The molecule has 2 saturated heterocycles. The molecule has 3 aromatic carbocycles. The van der Waals surface area contributed by atoms with E-state index in [0.29, 0.717) is 98.9 Å². The summed E-state index contributed by atoms with van der Waals surface area (Å²) in [5, 5.41) is 13.0. The summed E-state index contributed by atoms with van der Waals surface area (Å²) < 4.78 is 16.4. The SMILES string of the molecule is O=C1CCC(N2Cc3c(C#CCCCCC(=O)C45CCC(NC(=O)[C@@H]6NC7(CCCCC7)[C@@]7(C(=O)Nc8cc(Cl)ccc87)[C@H]6c6cccc(Cl)c6F)(CC4)C5)cccc3C2=O)C(=O)N1. The smallest absolute Gasteiger partial charge is 0.255 e. The average Bonchev–Trinajstić information content (AvgIpc) is 4.07. The Morgan fingerprint density at radius 1 is 0.906 bits per heavy atom. The number of benzene rings is 3. The fourth-order valence-corrected chi connectivity index (χ4v) is 13.3. The summed E-state index contributed by atoms with van der Waals surface area (Å²) in [7, 11) is 0. The summed E-state index contributed by atoms with van der Waals surface area (Å²) in [6, 6.07) is 13.8. The van der Waals surface area contributed by atoms with E-state index in [-0.39, 0.29) is 53.0 Å². The standard InChI is InChI=1S/C50H50Cl2FN5O6/c51-30-16-17-34-36(26-30)54-46(64)50(34)40(32-13-9-14-35(52)41(32)53)42(56-49(50)20-6-3-7-21-49)44(62)57-48-24-22-47(28-48,23-25-48)38(59)15-5-2-1-4-10-29-11-8-12-31-33(29)27-58(45(31)63)37-18-19-39(60)55-43(37)61/h8-9,11-14,16-17,26,37,40,42,56H,1-3,5-7,15,18-25,27-28H2,(H,54,64)(H,57,62)(H,55,60,61)/t37?,40-,42+,47?,48?,50+/m0/s1. The molecule has 3 aliphatic carbocycles. The molecule has 3 saturated carbocycles. The van der Waals surface area contributed by atoms with Gasteiger partial charge in [-0.15, -0.1) is 0 Å². The molecule has 4 N–H and O–H groups in total. The van der Waals surface area contributed by atoms with E-state index in [2.05, 4.69) is 33.1 Å². The van der Waals surface area contributed by atoms with Crippen molar-refractivity contribution in [2.75, 3.05) is 5.32 Å². The van der Waals surface area contributed by atoms with Crippen molar-refractivity contribution in [1.29, 1.82) is 0 Å². The maximum atomic E-state index is 16.4. The quantitative estimate of drug-likeness (QED) is 0.0984. The molecular formula is C50H50Cl2FN5O6. The molecule has 4 heterocycles. The van der Waals surface area contributed by atoms with E-state index in [0.717, 1.165) is 30.4 Å². The highest BCUT2D eigenvalue weighted by atomic mass is 35.5. The van der Waals surface area contributed by atoms with Gasteiger partial charge in [-0.2, -0.15) is 0 Å². The van der Waals surface area contributed by atoms with E-state index < -0.39 is 51.6 Å². The number of carbonyl (C=O) groups excluding carboxylic acids is 6. The van der Waals surface area contributed by atoms with E-state index in [1.54, 1.807) is 36.4 Å². The first-order valence-electron chi connectivity index (χ1n) is 22.7. The predicted molar refractivity (Wildman–Crippen MR) is 238 cm³/mol. The number of fused-ring (bicyclic) bond motifs is 6. The van der Waals surface area contributed by atoms with Gasteiger partial charge in [-0.1, -0.05) is 78.6 Å². The lowest BCUT2D eigenvalue weighted by atomic mass is 9.55. The molecule has 5 fully saturated rings. The van der Waals surface area contributed by atoms with Gasteiger partial charge in [0.15, 0.2) is 0 Å². The summed E-state index contributed by atoms with van der Waals surface area (Å²) in [4.78, 5) is 82.7. The third-order valence-electron chi connectivity index (χ3n) is 15.9. The molecule has 0 aromatic heterocycles. The Balaban J connectivity index is 0.817. The fraction of sp³-hybridized carbons (Fsp3) is 0.480. The van der Waals surface area contributed by atoms with E-state index in [1.807, 2.05) is 12.1 Å². The van der Waals surface area contributed by atoms with Crippen LogP contribution in [0.4, 0.5) is 10.1 Å². The number of unbranched alkanes of at least 4 members (excludes halogenated alkanes) is 2. The number of hydrogen-bond donors (Lipinski definition) is 4. The van der Waals surface area contributed by atoms with Gasteiger partial charge < -0.3 is 15.5 Å². The maximum Gasteiger partial charge on any atom is 0.255 e. The van der Waals surface area contributed by atoms with Crippen LogP contribution in [0.5, 0.6) is 0 Å². The zero-order valence-electron chi connectivity index (χ0n) is 35.5. The Labute approximate surface area is 381 Å². The first-order valence-corrected chi connectivity index (χ1v) is 23.5. The second-order valence-electron chi connectivity index (χ2n) is 19.2.